The van der Waals surface area contributed by atoms with Gasteiger partial charge in [0, 0.05) is 37.4 Å². The first-order valence-corrected chi connectivity index (χ1v) is 11.4. The Kier molecular flexibility index (Phi) is 5.89. The molecule has 11 heteroatoms. The fourth-order valence-corrected chi connectivity index (χ4v) is 5.30. The van der Waals surface area contributed by atoms with Gasteiger partial charge in [-0.05, 0) is 43.4 Å². The average Bonchev–Trinajstić information content (AvgIpc) is 2.74. The van der Waals surface area contributed by atoms with Crippen LogP contribution in [0, 0.1) is 0 Å². The zero-order chi connectivity index (χ0) is 22.2. The van der Waals surface area contributed by atoms with Crippen molar-refractivity contribution in [3.63, 3.8) is 0 Å². The Bertz CT molecular complexity index is 1150. The lowest BCUT2D eigenvalue weighted by atomic mass is 10.1. The van der Waals surface area contributed by atoms with Crippen LogP contribution in [0.5, 0.6) is 5.75 Å². The molecule has 0 bridgehead atoms. The maximum Gasteiger partial charge on any atom is 0.262 e. The number of carbonyl (C=O) groups excluding carboxylic acids is 2. The van der Waals surface area contributed by atoms with Crippen molar-refractivity contribution in [3.8, 4) is 5.75 Å². The molecular formula is C20H21ClN4O5S. The molecule has 1 fully saturated rings. The van der Waals surface area contributed by atoms with Gasteiger partial charge < -0.3 is 20.3 Å². The Balaban J connectivity index is 1.55. The molecule has 4 rings (SSSR count). The summed E-state index contributed by atoms with van der Waals surface area (Å²) in [5.41, 5.74) is 0.974. The van der Waals surface area contributed by atoms with Crippen LogP contribution in [-0.2, 0) is 14.8 Å². The number of nitrogens with zero attached hydrogens (tertiary/aromatic N) is 2. The van der Waals surface area contributed by atoms with Crippen LogP contribution >= 0.6 is 11.6 Å². The quantitative estimate of drug-likeness (QED) is 0.715. The highest BCUT2D eigenvalue weighted by Crippen LogP contribution is 2.30. The number of carbonyl (C=O) groups is 2. The number of likely N-dealkylation sites (N-methyl/N-ethyl adjacent to an activating group) is 1. The summed E-state index contributed by atoms with van der Waals surface area (Å²) in [6.07, 6.45) is 0. The topological polar surface area (TPSA) is 108 Å². The summed E-state index contributed by atoms with van der Waals surface area (Å²) in [5.74, 6) is -0.294. The maximum atomic E-state index is 13.1. The number of rotatable bonds is 4. The summed E-state index contributed by atoms with van der Waals surface area (Å²) in [6.45, 7) is 1.93. The minimum atomic E-state index is -3.80. The molecule has 2 aliphatic rings. The third-order valence-corrected chi connectivity index (χ3v) is 7.52. The number of hydrogen-bond donors (Lipinski definition) is 2. The average molecular weight is 465 g/mol. The number of hydrogen-bond acceptors (Lipinski definition) is 6. The molecule has 0 atom stereocenters. The first-order chi connectivity index (χ1) is 14.7. The van der Waals surface area contributed by atoms with Crippen molar-refractivity contribution in [2.75, 3.05) is 50.5 Å². The van der Waals surface area contributed by atoms with Gasteiger partial charge in [-0.3, -0.25) is 9.59 Å². The summed E-state index contributed by atoms with van der Waals surface area (Å²) < 4.78 is 32.8. The van der Waals surface area contributed by atoms with E-state index in [1.807, 2.05) is 7.05 Å². The van der Waals surface area contributed by atoms with Gasteiger partial charge in [0.05, 0.1) is 10.7 Å². The van der Waals surface area contributed by atoms with Gasteiger partial charge in [-0.2, -0.15) is 4.31 Å². The standard InChI is InChI=1S/C20H21ClN4O5S/c1-24-6-8-25(9-7-24)31(28,29)18-11-14(3-4-15(18)21)22-20(27)13-2-5-17-16(10-13)23-19(26)12-30-17/h2-5,10-11H,6-9,12H2,1H3,(H,22,27)(H,23,26). The van der Waals surface area contributed by atoms with Crippen LogP contribution in [0.3, 0.4) is 0 Å². The number of fused-ring (bicyclic) bond motifs is 1. The van der Waals surface area contributed by atoms with Crippen molar-refractivity contribution in [2.24, 2.45) is 0 Å². The molecule has 0 radical (unpaired) electrons. The molecule has 0 aromatic heterocycles. The molecule has 2 N–H and O–H groups in total. The van der Waals surface area contributed by atoms with E-state index in [1.54, 1.807) is 12.1 Å². The van der Waals surface area contributed by atoms with Gasteiger partial charge in [0.15, 0.2) is 6.61 Å². The summed E-state index contributed by atoms with van der Waals surface area (Å²) in [5, 5.41) is 5.42. The first kappa shape index (κ1) is 21.6. The van der Waals surface area contributed by atoms with Gasteiger partial charge in [-0.15, -0.1) is 0 Å². The molecule has 31 heavy (non-hydrogen) atoms. The maximum absolute atomic E-state index is 13.1. The van der Waals surface area contributed by atoms with E-state index in [1.165, 1.54) is 28.6 Å². The second kappa shape index (κ2) is 8.46. The van der Waals surface area contributed by atoms with E-state index in [0.717, 1.165) is 0 Å². The Morgan fingerprint density at radius 2 is 1.87 bits per heavy atom. The zero-order valence-corrected chi connectivity index (χ0v) is 18.3. The molecule has 0 aliphatic carbocycles. The molecule has 164 valence electrons. The highest BCUT2D eigenvalue weighted by molar-refractivity contribution is 7.89. The SMILES string of the molecule is CN1CCN(S(=O)(=O)c2cc(NC(=O)c3ccc4c(c3)NC(=O)CO4)ccc2Cl)CC1. The van der Waals surface area contributed by atoms with Crippen molar-refractivity contribution in [3.05, 3.63) is 47.0 Å². The second-order valence-electron chi connectivity index (χ2n) is 7.35. The van der Waals surface area contributed by atoms with E-state index in [9.17, 15) is 18.0 Å². The van der Waals surface area contributed by atoms with Crippen molar-refractivity contribution < 1.29 is 22.7 Å². The number of halogens is 1. The number of amides is 2. The second-order valence-corrected chi connectivity index (χ2v) is 9.67. The normalized spacial score (nSPS) is 17.4. The molecule has 2 aromatic carbocycles. The fraction of sp³-hybridized carbons (Fsp3) is 0.300. The lowest BCUT2D eigenvalue weighted by molar-refractivity contribution is -0.118. The van der Waals surface area contributed by atoms with Gasteiger partial charge in [0.1, 0.15) is 10.6 Å². The van der Waals surface area contributed by atoms with Crippen molar-refractivity contribution in [1.82, 2.24) is 9.21 Å². The summed E-state index contributed by atoms with van der Waals surface area (Å²) in [4.78, 5) is 26.2. The lowest BCUT2D eigenvalue weighted by Crippen LogP contribution is -2.47. The van der Waals surface area contributed by atoms with Gasteiger partial charge in [0.2, 0.25) is 10.0 Å². The van der Waals surface area contributed by atoms with Crippen LogP contribution in [0.15, 0.2) is 41.3 Å². The van der Waals surface area contributed by atoms with E-state index in [2.05, 4.69) is 15.5 Å². The number of piperazine rings is 1. The smallest absolute Gasteiger partial charge is 0.262 e. The first-order valence-electron chi connectivity index (χ1n) is 9.60. The van der Waals surface area contributed by atoms with Crippen LogP contribution in [0.2, 0.25) is 5.02 Å². The van der Waals surface area contributed by atoms with Gasteiger partial charge in [0.25, 0.3) is 11.8 Å². The van der Waals surface area contributed by atoms with E-state index < -0.39 is 15.9 Å². The minimum absolute atomic E-state index is 0.0531. The Morgan fingerprint density at radius 3 is 2.61 bits per heavy atom. The molecule has 2 aliphatic heterocycles. The van der Waals surface area contributed by atoms with E-state index in [0.29, 0.717) is 43.3 Å². The predicted molar refractivity (Wildman–Crippen MR) is 116 cm³/mol. The molecule has 0 spiro atoms. The number of benzene rings is 2. The van der Waals surface area contributed by atoms with Gasteiger partial charge in [-0.25, -0.2) is 8.42 Å². The third kappa shape index (κ3) is 4.52. The highest BCUT2D eigenvalue weighted by atomic mass is 35.5. The van der Waals surface area contributed by atoms with Crippen LogP contribution in [-0.4, -0.2) is 69.3 Å². The Labute approximate surface area is 185 Å². The number of sulfonamides is 1. The molecule has 2 aromatic rings. The molecule has 0 saturated carbocycles. The van der Waals surface area contributed by atoms with Crippen molar-refractivity contribution in [2.45, 2.75) is 4.90 Å². The van der Waals surface area contributed by atoms with Gasteiger partial charge in [-0.1, -0.05) is 11.6 Å². The zero-order valence-electron chi connectivity index (χ0n) is 16.7. The van der Waals surface area contributed by atoms with Crippen LogP contribution in [0.25, 0.3) is 0 Å². The molecular weight excluding hydrogens is 444 g/mol. The molecule has 1 saturated heterocycles. The molecule has 2 heterocycles. The number of anilines is 2. The number of ether oxygens (including phenoxy) is 1. The summed E-state index contributed by atoms with van der Waals surface area (Å²) >= 11 is 6.19. The van der Waals surface area contributed by atoms with Crippen LogP contribution < -0.4 is 15.4 Å². The summed E-state index contributed by atoms with van der Waals surface area (Å²) in [6, 6.07) is 8.99. The lowest BCUT2D eigenvalue weighted by Gasteiger charge is -2.31. The summed E-state index contributed by atoms with van der Waals surface area (Å²) in [7, 11) is -1.86. The third-order valence-electron chi connectivity index (χ3n) is 5.14. The van der Waals surface area contributed by atoms with E-state index in [-0.39, 0.29) is 28.0 Å². The monoisotopic (exact) mass is 464 g/mol. The molecule has 2 amide bonds. The van der Waals surface area contributed by atoms with E-state index >= 15 is 0 Å². The fourth-order valence-electron chi connectivity index (χ4n) is 3.37. The number of nitrogens with one attached hydrogen (secondary N) is 2. The van der Waals surface area contributed by atoms with Gasteiger partial charge >= 0.3 is 0 Å². The highest BCUT2D eigenvalue weighted by Gasteiger charge is 2.29. The Morgan fingerprint density at radius 1 is 1.13 bits per heavy atom. The van der Waals surface area contributed by atoms with E-state index in [4.69, 9.17) is 16.3 Å². The largest absolute Gasteiger partial charge is 0.482 e. The van der Waals surface area contributed by atoms with Crippen molar-refractivity contribution >= 4 is 44.8 Å². The van der Waals surface area contributed by atoms with Crippen LogP contribution in [0.1, 0.15) is 10.4 Å². The predicted octanol–water partition coefficient (Wildman–Crippen LogP) is 1.86. The minimum Gasteiger partial charge on any atom is -0.482 e. The van der Waals surface area contributed by atoms with Crippen molar-refractivity contribution in [1.29, 1.82) is 0 Å². The molecule has 9 nitrogen and oxygen atoms in total. The Hall–Kier alpha value is -2.66. The molecule has 0 unspecified atom stereocenters. The van der Waals surface area contributed by atoms with Crippen LogP contribution in [0.4, 0.5) is 11.4 Å².